The minimum atomic E-state index is -0.778. The summed E-state index contributed by atoms with van der Waals surface area (Å²) in [6.07, 6.45) is 2.00. The van der Waals surface area contributed by atoms with Crippen LogP contribution in [0.3, 0.4) is 0 Å². The van der Waals surface area contributed by atoms with Crippen molar-refractivity contribution in [2.45, 2.75) is 0 Å². The molecule has 0 saturated carbocycles. The Morgan fingerprint density at radius 2 is 2.29 bits per heavy atom. The Kier molecular flexibility index (Phi) is 0.651. The van der Waals surface area contributed by atoms with Crippen molar-refractivity contribution >= 4 is 18.2 Å². The zero-order valence-corrected chi connectivity index (χ0v) is 3.26. The van der Waals surface area contributed by atoms with Gasteiger partial charge in [-0.2, -0.15) is 0 Å². The van der Waals surface area contributed by atoms with Crippen LogP contribution in [0.4, 0.5) is 0 Å². The lowest BCUT2D eigenvalue weighted by atomic mass is 10.6. The molecule has 0 radical (unpaired) electrons. The molecule has 0 atom stereocenters. The Hall–Kier alpha value is -1.19. The monoisotopic (exact) mass is 97.0 g/mol. The number of aliphatic imine (C=N–C) groups is 1. The number of carbonyl (C=O) groups excluding carboxylic acids is 2. The largest absolute Gasteiger partial charge is 0.426 e. The van der Waals surface area contributed by atoms with Crippen LogP contribution in [0.15, 0.2) is 4.99 Å². The lowest BCUT2D eigenvalue weighted by molar-refractivity contribution is -0.135. The van der Waals surface area contributed by atoms with Gasteiger partial charge in [0.2, 0.25) is 0 Å². The van der Waals surface area contributed by atoms with E-state index in [1.165, 1.54) is 0 Å². The maximum Gasteiger partial charge on any atom is 0.173 e. The number of hydrogen-bond donors (Lipinski definition) is 1. The van der Waals surface area contributed by atoms with Crippen LogP contribution in [-0.2, 0) is 9.59 Å². The van der Waals surface area contributed by atoms with Gasteiger partial charge < -0.3 is 19.9 Å². The van der Waals surface area contributed by atoms with E-state index in [-0.39, 0.29) is 0 Å². The fourth-order valence-corrected chi connectivity index (χ4v) is 0.234. The second-order valence-corrected chi connectivity index (χ2v) is 0.983. The van der Waals surface area contributed by atoms with Crippen molar-refractivity contribution in [1.29, 1.82) is 0 Å². The lowest BCUT2D eigenvalue weighted by Crippen LogP contribution is -2.19. The van der Waals surface area contributed by atoms with Crippen LogP contribution >= 0.6 is 0 Å². The average Bonchev–Trinajstić information content (AvgIpc) is 1.91. The summed E-state index contributed by atoms with van der Waals surface area (Å²) in [5, 5.41) is 1.96. The summed E-state index contributed by atoms with van der Waals surface area (Å²) in [7, 11) is 0. The van der Waals surface area contributed by atoms with Gasteiger partial charge in [-0.3, -0.25) is 0 Å². The molecule has 0 bridgehead atoms. The molecule has 0 aromatic carbocycles. The fourth-order valence-electron chi connectivity index (χ4n) is 0.234. The minimum absolute atomic E-state index is 0.708. The predicted octanol–water partition coefficient (Wildman–Crippen LogP) is -1.45. The summed E-state index contributed by atoms with van der Waals surface area (Å²) in [5.74, 6) is -1.49. The third-order valence-electron chi connectivity index (χ3n) is 0.521. The molecule has 1 rings (SSSR count). The van der Waals surface area contributed by atoms with Gasteiger partial charge in [0, 0.05) is 6.34 Å². The highest BCUT2D eigenvalue weighted by atomic mass is 16.2. The summed E-state index contributed by atoms with van der Waals surface area (Å²) < 4.78 is 0. The summed E-state index contributed by atoms with van der Waals surface area (Å²) >= 11 is 0. The smallest absolute Gasteiger partial charge is 0.173 e. The first kappa shape index (κ1) is 3.98. The molecular formula is C3HN2O2-. The molecule has 0 aromatic rings. The van der Waals surface area contributed by atoms with Gasteiger partial charge in [0.05, 0.1) is 0 Å². The fraction of sp³-hybridized carbons (Fsp3) is 0. The van der Waals surface area contributed by atoms with E-state index in [0.717, 1.165) is 0 Å². The Morgan fingerprint density at radius 1 is 1.57 bits per heavy atom. The van der Waals surface area contributed by atoms with Crippen molar-refractivity contribution in [3.05, 3.63) is 0 Å². The zero-order chi connectivity index (χ0) is 5.28. The second kappa shape index (κ2) is 1.14. The first-order valence-electron chi connectivity index (χ1n) is 1.61. The van der Waals surface area contributed by atoms with Crippen LogP contribution in [0.1, 0.15) is 0 Å². The van der Waals surface area contributed by atoms with Crippen molar-refractivity contribution < 1.29 is 9.59 Å². The molecule has 1 N–H and O–H groups in total. The second-order valence-electron chi connectivity index (χ2n) is 0.983. The van der Waals surface area contributed by atoms with Gasteiger partial charge in [0.1, 0.15) is 0 Å². The average molecular weight is 97.1 g/mol. The third kappa shape index (κ3) is 0.489. The standard InChI is InChI=1S/C3HN2O2/c6-2-3(7)5-1-4-2/h(H,4,5,6,7)/q-1. The molecule has 0 aromatic heterocycles. The molecule has 1 heterocycles. The number of amides is 2. The molecule has 1 aliphatic rings. The molecular weight excluding hydrogens is 96.0 g/mol. The molecule has 0 aliphatic carbocycles. The molecule has 0 unspecified atom stereocenters. The molecule has 0 saturated heterocycles. The van der Waals surface area contributed by atoms with E-state index in [1.54, 1.807) is 0 Å². The van der Waals surface area contributed by atoms with E-state index >= 15 is 0 Å². The van der Waals surface area contributed by atoms with Crippen LogP contribution in [0.5, 0.6) is 0 Å². The number of nitrogens with one attached hydrogen (secondary N) is 1. The highest BCUT2D eigenvalue weighted by Crippen LogP contribution is 1.78. The normalized spacial score (nSPS) is 17.7. The van der Waals surface area contributed by atoms with Gasteiger partial charge in [-0.05, 0) is 0 Å². The van der Waals surface area contributed by atoms with E-state index in [0.29, 0.717) is 0 Å². The summed E-state index contributed by atoms with van der Waals surface area (Å²) in [5.41, 5.74) is 0. The van der Waals surface area contributed by atoms with Crippen LogP contribution in [0, 0.1) is 0 Å². The van der Waals surface area contributed by atoms with E-state index < -0.39 is 11.8 Å². The number of hydrogen-bond acceptors (Lipinski definition) is 2. The van der Waals surface area contributed by atoms with E-state index in [9.17, 15) is 9.59 Å². The Labute approximate surface area is 39.2 Å². The van der Waals surface area contributed by atoms with Gasteiger partial charge >= 0.3 is 0 Å². The third-order valence-corrected chi connectivity index (χ3v) is 0.521. The van der Waals surface area contributed by atoms with Gasteiger partial charge in [-0.1, -0.05) is 0 Å². The van der Waals surface area contributed by atoms with Crippen molar-refractivity contribution in [3.8, 4) is 0 Å². The summed E-state index contributed by atoms with van der Waals surface area (Å²) in [6, 6.07) is 0. The molecule has 2 amide bonds. The summed E-state index contributed by atoms with van der Waals surface area (Å²) in [4.78, 5) is 22.9. The van der Waals surface area contributed by atoms with Crippen molar-refractivity contribution in [2.24, 2.45) is 4.99 Å². The Morgan fingerprint density at radius 3 is 2.43 bits per heavy atom. The Bertz CT molecular complexity index is 149. The van der Waals surface area contributed by atoms with Crippen LogP contribution in [0.25, 0.3) is 0 Å². The van der Waals surface area contributed by atoms with Crippen LogP contribution in [-0.4, -0.2) is 18.2 Å². The predicted molar refractivity (Wildman–Crippen MR) is 20.6 cm³/mol. The first-order chi connectivity index (χ1) is 3.30. The molecule has 36 valence electrons. The number of nitrogens with zero attached hydrogens (tertiary/aromatic N) is 1. The van der Waals surface area contributed by atoms with Crippen LogP contribution in [0.2, 0.25) is 0 Å². The zero-order valence-electron chi connectivity index (χ0n) is 3.26. The van der Waals surface area contributed by atoms with Gasteiger partial charge in [0.25, 0.3) is 0 Å². The van der Waals surface area contributed by atoms with Gasteiger partial charge in [-0.25, -0.2) is 0 Å². The maximum absolute atomic E-state index is 9.96. The van der Waals surface area contributed by atoms with E-state index in [1.807, 2.05) is 11.7 Å². The molecule has 7 heavy (non-hydrogen) atoms. The summed E-state index contributed by atoms with van der Waals surface area (Å²) in [6.45, 7) is 0. The molecule has 4 heteroatoms. The SMILES string of the molecule is O=C1N=[C-]NC1=O. The van der Waals surface area contributed by atoms with Gasteiger partial charge in [-0.15, -0.1) is 0 Å². The number of carbonyl (C=O) groups is 2. The van der Waals surface area contributed by atoms with E-state index in [4.69, 9.17) is 0 Å². The highest BCUT2D eigenvalue weighted by Gasteiger charge is 1.99. The molecule has 1 aliphatic heterocycles. The topological polar surface area (TPSA) is 58.5 Å². The van der Waals surface area contributed by atoms with Crippen molar-refractivity contribution in [2.75, 3.05) is 0 Å². The Balaban J connectivity index is 2.81. The lowest BCUT2D eigenvalue weighted by Gasteiger charge is -1.88. The quantitative estimate of drug-likeness (QED) is 0.297. The molecule has 0 spiro atoms. The molecule has 0 fully saturated rings. The first-order valence-corrected chi connectivity index (χ1v) is 1.61. The van der Waals surface area contributed by atoms with Crippen LogP contribution < -0.4 is 5.32 Å². The molecule has 4 nitrogen and oxygen atoms in total. The number of rotatable bonds is 0. The van der Waals surface area contributed by atoms with Gasteiger partial charge in [0.15, 0.2) is 11.8 Å². The maximum atomic E-state index is 9.96. The van der Waals surface area contributed by atoms with E-state index in [2.05, 4.69) is 4.99 Å². The van der Waals surface area contributed by atoms with Crippen molar-refractivity contribution in [1.82, 2.24) is 5.32 Å². The highest BCUT2D eigenvalue weighted by molar-refractivity contribution is 6.41. The van der Waals surface area contributed by atoms with Crippen molar-refractivity contribution in [3.63, 3.8) is 0 Å². The minimum Gasteiger partial charge on any atom is -0.426 e.